The van der Waals surface area contributed by atoms with E-state index >= 15 is 0 Å². The van der Waals surface area contributed by atoms with Crippen molar-refractivity contribution in [3.05, 3.63) is 53.6 Å². The highest BCUT2D eigenvalue weighted by Crippen LogP contribution is 2.12. The van der Waals surface area contributed by atoms with Crippen molar-refractivity contribution in [1.29, 1.82) is 0 Å². The summed E-state index contributed by atoms with van der Waals surface area (Å²) >= 11 is 0. The van der Waals surface area contributed by atoms with Gasteiger partial charge in [-0.15, -0.1) is 0 Å². The summed E-state index contributed by atoms with van der Waals surface area (Å²) in [6.07, 6.45) is 1.68. The van der Waals surface area contributed by atoms with Crippen molar-refractivity contribution in [3.8, 4) is 0 Å². The van der Waals surface area contributed by atoms with E-state index in [1.54, 1.807) is 6.33 Å². The first-order valence-corrected chi connectivity index (χ1v) is 5.69. The molecular weight excluding hydrogens is 214 g/mol. The molecule has 2 rings (SSSR count). The number of H-pyrrole nitrogens is 1. The molecule has 0 aliphatic rings. The van der Waals surface area contributed by atoms with Gasteiger partial charge in [-0.25, -0.2) is 4.98 Å². The van der Waals surface area contributed by atoms with E-state index in [0.717, 1.165) is 17.0 Å². The van der Waals surface area contributed by atoms with E-state index in [1.165, 1.54) is 0 Å². The van der Waals surface area contributed by atoms with Crippen LogP contribution in [0.15, 0.2) is 36.7 Å². The third-order valence-corrected chi connectivity index (χ3v) is 2.83. The number of benzene rings is 1. The molecule has 0 aliphatic carbocycles. The predicted molar refractivity (Wildman–Crippen MR) is 66.4 cm³/mol. The Labute approximate surface area is 101 Å². The number of aliphatic hydroxyl groups excluding tert-OH is 1. The maximum absolute atomic E-state index is 9.39. The van der Waals surface area contributed by atoms with Gasteiger partial charge in [0.05, 0.1) is 24.7 Å². The number of aliphatic hydroxyl groups is 1. The lowest BCUT2D eigenvalue weighted by atomic mass is 10.1. The van der Waals surface area contributed by atoms with E-state index in [9.17, 15) is 5.11 Å². The average molecular weight is 231 g/mol. The Balaban J connectivity index is 1.99. The predicted octanol–water partition coefficient (Wildman–Crippen LogP) is 1.54. The molecule has 0 saturated heterocycles. The smallest absolute Gasteiger partial charge is 0.0925 e. The third-order valence-electron chi connectivity index (χ3n) is 2.83. The van der Waals surface area contributed by atoms with Crippen LogP contribution >= 0.6 is 0 Å². The first-order valence-electron chi connectivity index (χ1n) is 5.69. The summed E-state index contributed by atoms with van der Waals surface area (Å²) in [6.45, 7) is 2.71. The summed E-state index contributed by atoms with van der Waals surface area (Å²) in [5.41, 5.74) is 3.13. The van der Waals surface area contributed by atoms with Gasteiger partial charge in [-0.05, 0) is 12.5 Å². The maximum atomic E-state index is 9.39. The molecule has 1 atom stereocenters. The molecule has 1 aromatic heterocycles. The maximum Gasteiger partial charge on any atom is 0.0925 e. The molecule has 0 aliphatic heterocycles. The highest BCUT2D eigenvalue weighted by Gasteiger charge is 2.10. The van der Waals surface area contributed by atoms with Gasteiger partial charge in [0.2, 0.25) is 0 Å². The van der Waals surface area contributed by atoms with Crippen molar-refractivity contribution in [2.75, 3.05) is 6.61 Å². The number of hydrogen-bond donors (Lipinski definition) is 3. The lowest BCUT2D eigenvalue weighted by Gasteiger charge is -2.16. The molecule has 0 unspecified atom stereocenters. The Kier molecular flexibility index (Phi) is 3.90. The van der Waals surface area contributed by atoms with Crippen molar-refractivity contribution < 1.29 is 5.11 Å². The summed E-state index contributed by atoms with van der Waals surface area (Å²) in [5, 5.41) is 12.7. The highest BCUT2D eigenvalue weighted by atomic mass is 16.3. The molecule has 2 aromatic rings. The van der Waals surface area contributed by atoms with Gasteiger partial charge >= 0.3 is 0 Å². The number of nitrogens with zero attached hydrogens (tertiary/aromatic N) is 1. The summed E-state index contributed by atoms with van der Waals surface area (Å²) in [6, 6.07) is 9.87. The summed E-state index contributed by atoms with van der Waals surface area (Å²) in [7, 11) is 0. The van der Waals surface area contributed by atoms with E-state index in [-0.39, 0.29) is 12.6 Å². The Hall–Kier alpha value is -1.65. The van der Waals surface area contributed by atoms with Crippen molar-refractivity contribution in [2.24, 2.45) is 0 Å². The molecule has 1 heterocycles. The Morgan fingerprint density at radius 3 is 2.71 bits per heavy atom. The van der Waals surface area contributed by atoms with E-state index < -0.39 is 0 Å². The standard InChI is InChI=1S/C13H17N3O/c1-10-12(16-9-15-10)7-14-13(8-17)11-5-3-2-4-6-11/h2-6,9,13-14,17H,7-8H2,1H3,(H,15,16)/t13-/m0/s1. The molecule has 0 saturated carbocycles. The van der Waals surface area contributed by atoms with Crippen LogP contribution in [0.25, 0.3) is 0 Å². The SMILES string of the molecule is Cc1[nH]cnc1CN[C@@H](CO)c1ccccc1. The van der Waals surface area contributed by atoms with Crippen LogP contribution in [0.1, 0.15) is 23.0 Å². The quantitative estimate of drug-likeness (QED) is 0.731. The van der Waals surface area contributed by atoms with E-state index in [0.29, 0.717) is 6.54 Å². The molecule has 0 amide bonds. The normalized spacial score (nSPS) is 12.6. The lowest BCUT2D eigenvalue weighted by Crippen LogP contribution is -2.24. The summed E-state index contributed by atoms with van der Waals surface area (Å²) in [5.74, 6) is 0. The van der Waals surface area contributed by atoms with Crippen LogP contribution in [0.4, 0.5) is 0 Å². The van der Waals surface area contributed by atoms with Gasteiger partial charge in [-0.1, -0.05) is 30.3 Å². The van der Waals surface area contributed by atoms with Crippen LogP contribution < -0.4 is 5.32 Å². The summed E-state index contributed by atoms with van der Waals surface area (Å²) < 4.78 is 0. The van der Waals surface area contributed by atoms with Crippen LogP contribution in [0.2, 0.25) is 0 Å². The van der Waals surface area contributed by atoms with Gasteiger partial charge in [-0.2, -0.15) is 0 Å². The van der Waals surface area contributed by atoms with E-state index in [4.69, 9.17) is 0 Å². The van der Waals surface area contributed by atoms with Crippen molar-refractivity contribution in [2.45, 2.75) is 19.5 Å². The minimum atomic E-state index is -0.0488. The third kappa shape index (κ3) is 2.93. The van der Waals surface area contributed by atoms with Crippen molar-refractivity contribution >= 4 is 0 Å². The molecule has 3 N–H and O–H groups in total. The molecular formula is C13H17N3O. The molecule has 17 heavy (non-hydrogen) atoms. The van der Waals surface area contributed by atoms with Crippen molar-refractivity contribution in [1.82, 2.24) is 15.3 Å². The van der Waals surface area contributed by atoms with Crippen LogP contribution in [0.3, 0.4) is 0 Å². The number of rotatable bonds is 5. The minimum Gasteiger partial charge on any atom is -0.394 e. The van der Waals surface area contributed by atoms with Gasteiger partial charge in [0.25, 0.3) is 0 Å². The number of aromatic nitrogens is 2. The molecule has 0 fully saturated rings. The molecule has 0 bridgehead atoms. The second-order valence-electron chi connectivity index (χ2n) is 4.00. The van der Waals surface area contributed by atoms with Crippen LogP contribution in [0.5, 0.6) is 0 Å². The fourth-order valence-corrected chi connectivity index (χ4v) is 1.76. The number of imidazole rings is 1. The Bertz CT molecular complexity index is 453. The van der Waals surface area contributed by atoms with Crippen LogP contribution in [-0.4, -0.2) is 21.7 Å². The zero-order valence-electron chi connectivity index (χ0n) is 9.85. The fraction of sp³-hybridized carbons (Fsp3) is 0.308. The van der Waals surface area contributed by atoms with Crippen LogP contribution in [0, 0.1) is 6.92 Å². The Morgan fingerprint density at radius 2 is 2.12 bits per heavy atom. The summed E-state index contributed by atoms with van der Waals surface area (Å²) in [4.78, 5) is 7.25. The van der Waals surface area contributed by atoms with E-state index in [2.05, 4.69) is 15.3 Å². The van der Waals surface area contributed by atoms with Gasteiger partial charge in [0.15, 0.2) is 0 Å². The molecule has 90 valence electrons. The average Bonchev–Trinajstić information content (AvgIpc) is 2.77. The molecule has 0 radical (unpaired) electrons. The first-order chi connectivity index (χ1) is 8.31. The van der Waals surface area contributed by atoms with Gasteiger partial charge in [0, 0.05) is 12.2 Å². The highest BCUT2D eigenvalue weighted by molar-refractivity contribution is 5.19. The topological polar surface area (TPSA) is 60.9 Å². The molecule has 1 aromatic carbocycles. The Morgan fingerprint density at radius 1 is 1.35 bits per heavy atom. The second kappa shape index (κ2) is 5.61. The van der Waals surface area contributed by atoms with Crippen LogP contribution in [-0.2, 0) is 6.54 Å². The van der Waals surface area contributed by atoms with Gasteiger partial charge in [-0.3, -0.25) is 0 Å². The number of hydrogen-bond acceptors (Lipinski definition) is 3. The molecule has 0 spiro atoms. The number of aromatic amines is 1. The van der Waals surface area contributed by atoms with E-state index in [1.807, 2.05) is 37.3 Å². The van der Waals surface area contributed by atoms with Crippen molar-refractivity contribution in [3.63, 3.8) is 0 Å². The van der Waals surface area contributed by atoms with Gasteiger partial charge in [0.1, 0.15) is 0 Å². The molecule has 4 nitrogen and oxygen atoms in total. The zero-order valence-corrected chi connectivity index (χ0v) is 9.85. The largest absolute Gasteiger partial charge is 0.394 e. The number of aryl methyl sites for hydroxylation is 1. The second-order valence-corrected chi connectivity index (χ2v) is 4.00. The van der Waals surface area contributed by atoms with Gasteiger partial charge < -0.3 is 15.4 Å². The lowest BCUT2D eigenvalue weighted by molar-refractivity contribution is 0.243. The minimum absolute atomic E-state index is 0.0488. The fourth-order valence-electron chi connectivity index (χ4n) is 1.76. The zero-order chi connectivity index (χ0) is 12.1. The monoisotopic (exact) mass is 231 g/mol. The molecule has 4 heteroatoms. The first kappa shape index (κ1) is 11.8. The number of nitrogens with one attached hydrogen (secondary N) is 2.